The number of nitrogens with one attached hydrogen (secondary N) is 1. The number of carbonyl (C=O) groups excluding carboxylic acids is 2. The summed E-state index contributed by atoms with van der Waals surface area (Å²) < 4.78 is 18.3. The van der Waals surface area contributed by atoms with Gasteiger partial charge in [0.15, 0.2) is 0 Å². The molecule has 2 rings (SSSR count). The van der Waals surface area contributed by atoms with Crippen molar-refractivity contribution in [1.29, 1.82) is 0 Å². The number of piperazine rings is 1. The number of ether oxygens (including phenoxy) is 1. The molecule has 2 amide bonds. The molecule has 0 radical (unpaired) electrons. The number of nitrogens with zero attached hydrogens (tertiary/aromatic N) is 1. The van der Waals surface area contributed by atoms with Crippen molar-refractivity contribution in [2.75, 3.05) is 18.6 Å². The van der Waals surface area contributed by atoms with E-state index in [1.165, 1.54) is 30.2 Å². The lowest BCUT2D eigenvalue weighted by molar-refractivity contribution is -0.132. The Morgan fingerprint density at radius 3 is 2.70 bits per heavy atom. The van der Waals surface area contributed by atoms with Crippen LogP contribution in [0, 0.1) is 11.7 Å². The molecule has 1 heterocycles. The molecule has 0 aliphatic carbocycles. The lowest BCUT2D eigenvalue weighted by Gasteiger charge is -2.34. The van der Waals surface area contributed by atoms with Crippen molar-refractivity contribution in [3.63, 3.8) is 0 Å². The van der Waals surface area contributed by atoms with Crippen LogP contribution < -0.4 is 15.0 Å². The molecule has 1 N–H and O–H groups in total. The van der Waals surface area contributed by atoms with Crippen molar-refractivity contribution in [3.05, 3.63) is 24.0 Å². The summed E-state index contributed by atoms with van der Waals surface area (Å²) in [6.07, 6.45) is 0. The Kier molecular flexibility index (Phi) is 3.92. The second kappa shape index (κ2) is 5.48. The fraction of sp³-hybridized carbons (Fsp3) is 0.429. The zero-order valence-corrected chi connectivity index (χ0v) is 11.6. The zero-order chi connectivity index (χ0) is 14.9. The number of anilines is 1. The van der Waals surface area contributed by atoms with E-state index in [-0.39, 0.29) is 30.0 Å². The molecule has 1 aromatic rings. The van der Waals surface area contributed by atoms with E-state index in [9.17, 15) is 14.0 Å². The van der Waals surface area contributed by atoms with E-state index in [0.29, 0.717) is 5.69 Å². The lowest BCUT2D eigenvalue weighted by Crippen LogP contribution is -2.60. The van der Waals surface area contributed by atoms with E-state index in [2.05, 4.69) is 5.32 Å². The highest BCUT2D eigenvalue weighted by molar-refractivity contribution is 6.07. The summed E-state index contributed by atoms with van der Waals surface area (Å²) in [5.41, 5.74) is 0.402. The van der Waals surface area contributed by atoms with Crippen molar-refractivity contribution >= 4 is 17.5 Å². The van der Waals surface area contributed by atoms with Gasteiger partial charge in [-0.3, -0.25) is 14.5 Å². The van der Waals surface area contributed by atoms with Crippen LogP contribution in [0.15, 0.2) is 18.2 Å². The maximum absolute atomic E-state index is 13.2. The van der Waals surface area contributed by atoms with Crippen molar-refractivity contribution in [2.24, 2.45) is 5.92 Å². The van der Waals surface area contributed by atoms with Crippen LogP contribution in [0.4, 0.5) is 10.1 Å². The number of halogens is 1. The first kappa shape index (κ1) is 14.3. The van der Waals surface area contributed by atoms with Crippen LogP contribution in [0.3, 0.4) is 0 Å². The highest BCUT2D eigenvalue weighted by Gasteiger charge is 2.36. The van der Waals surface area contributed by atoms with Crippen LogP contribution in [0.1, 0.15) is 13.8 Å². The maximum Gasteiger partial charge on any atom is 0.250 e. The van der Waals surface area contributed by atoms with E-state index in [0.717, 1.165) is 0 Å². The van der Waals surface area contributed by atoms with Crippen molar-refractivity contribution in [2.45, 2.75) is 19.9 Å². The Morgan fingerprint density at radius 1 is 1.40 bits per heavy atom. The van der Waals surface area contributed by atoms with Crippen molar-refractivity contribution in [1.82, 2.24) is 5.32 Å². The highest BCUT2D eigenvalue weighted by Crippen LogP contribution is 2.30. The van der Waals surface area contributed by atoms with Gasteiger partial charge in [0, 0.05) is 6.07 Å². The van der Waals surface area contributed by atoms with Crippen LogP contribution >= 0.6 is 0 Å². The van der Waals surface area contributed by atoms with Gasteiger partial charge in [-0.1, -0.05) is 13.8 Å². The molecule has 0 saturated carbocycles. The van der Waals surface area contributed by atoms with E-state index < -0.39 is 11.9 Å². The lowest BCUT2D eigenvalue weighted by atomic mass is 10.00. The van der Waals surface area contributed by atoms with E-state index >= 15 is 0 Å². The number of hydrogen-bond acceptors (Lipinski definition) is 3. The molecule has 1 unspecified atom stereocenters. The molecule has 1 fully saturated rings. The summed E-state index contributed by atoms with van der Waals surface area (Å²) in [7, 11) is 1.40. The minimum absolute atomic E-state index is 0.0271. The smallest absolute Gasteiger partial charge is 0.250 e. The fourth-order valence-corrected chi connectivity index (χ4v) is 2.20. The summed E-state index contributed by atoms with van der Waals surface area (Å²) in [6, 6.07) is 3.30. The average Bonchev–Trinajstić information content (AvgIpc) is 2.40. The molecular weight excluding hydrogens is 263 g/mol. The Labute approximate surface area is 116 Å². The van der Waals surface area contributed by atoms with Gasteiger partial charge in [0.25, 0.3) is 0 Å². The molecule has 1 aliphatic heterocycles. The third kappa shape index (κ3) is 2.59. The molecular formula is C14H17FN2O3. The predicted molar refractivity (Wildman–Crippen MR) is 72.1 cm³/mol. The Bertz CT molecular complexity index is 545. The second-order valence-electron chi connectivity index (χ2n) is 5.03. The molecule has 6 heteroatoms. The Hall–Kier alpha value is -2.11. The minimum Gasteiger partial charge on any atom is -0.494 e. The standard InChI is InChI=1S/C14H17FN2O3/c1-8(2)13-14(19)17(7-12(18)16-13)10-5-4-9(15)6-11(10)20-3/h4-6,8,13H,7H2,1-3H3,(H,16,18). The SMILES string of the molecule is COc1cc(F)ccc1N1CC(=O)NC(C(C)C)C1=O. The zero-order valence-electron chi connectivity index (χ0n) is 11.6. The van der Waals surface area contributed by atoms with Crippen LogP contribution in [0.5, 0.6) is 5.75 Å². The molecule has 108 valence electrons. The maximum atomic E-state index is 13.2. The molecule has 1 aliphatic rings. The van der Waals surface area contributed by atoms with Gasteiger partial charge in [-0.2, -0.15) is 0 Å². The van der Waals surface area contributed by atoms with Gasteiger partial charge in [0.05, 0.1) is 12.8 Å². The number of carbonyl (C=O) groups is 2. The first-order valence-electron chi connectivity index (χ1n) is 6.38. The summed E-state index contributed by atoms with van der Waals surface area (Å²) in [4.78, 5) is 25.5. The normalized spacial score (nSPS) is 19.2. The fourth-order valence-electron chi connectivity index (χ4n) is 2.20. The van der Waals surface area contributed by atoms with Gasteiger partial charge < -0.3 is 10.1 Å². The minimum atomic E-state index is -0.578. The van der Waals surface area contributed by atoms with Gasteiger partial charge in [0.1, 0.15) is 24.2 Å². The highest BCUT2D eigenvalue weighted by atomic mass is 19.1. The number of benzene rings is 1. The molecule has 1 atom stereocenters. The summed E-state index contributed by atoms with van der Waals surface area (Å²) >= 11 is 0. The number of rotatable bonds is 3. The van der Waals surface area contributed by atoms with E-state index in [4.69, 9.17) is 4.74 Å². The summed E-state index contributed by atoms with van der Waals surface area (Å²) in [5, 5.41) is 2.67. The number of hydrogen-bond donors (Lipinski definition) is 1. The topological polar surface area (TPSA) is 58.6 Å². The van der Waals surface area contributed by atoms with Crippen LogP contribution in [0.25, 0.3) is 0 Å². The van der Waals surface area contributed by atoms with Crippen molar-refractivity contribution in [3.8, 4) is 5.75 Å². The van der Waals surface area contributed by atoms with Crippen molar-refractivity contribution < 1.29 is 18.7 Å². The molecule has 0 aromatic heterocycles. The Balaban J connectivity index is 2.40. The monoisotopic (exact) mass is 280 g/mol. The van der Waals surface area contributed by atoms with Crippen LogP contribution in [-0.4, -0.2) is 31.5 Å². The van der Waals surface area contributed by atoms with Gasteiger partial charge >= 0.3 is 0 Å². The predicted octanol–water partition coefficient (Wildman–Crippen LogP) is 1.32. The molecule has 1 saturated heterocycles. The first-order chi connectivity index (χ1) is 9.43. The molecule has 20 heavy (non-hydrogen) atoms. The Morgan fingerprint density at radius 2 is 2.10 bits per heavy atom. The van der Waals surface area contributed by atoms with Crippen LogP contribution in [-0.2, 0) is 9.59 Å². The quantitative estimate of drug-likeness (QED) is 0.908. The van der Waals surface area contributed by atoms with Gasteiger partial charge in [-0.25, -0.2) is 4.39 Å². The van der Waals surface area contributed by atoms with Crippen LogP contribution in [0.2, 0.25) is 0 Å². The number of methoxy groups -OCH3 is 1. The molecule has 0 spiro atoms. The molecule has 1 aromatic carbocycles. The third-order valence-corrected chi connectivity index (χ3v) is 3.25. The number of amides is 2. The van der Waals surface area contributed by atoms with Gasteiger partial charge in [-0.05, 0) is 18.1 Å². The third-order valence-electron chi connectivity index (χ3n) is 3.25. The largest absolute Gasteiger partial charge is 0.494 e. The average molecular weight is 280 g/mol. The van der Waals surface area contributed by atoms with Gasteiger partial charge in [-0.15, -0.1) is 0 Å². The van der Waals surface area contributed by atoms with E-state index in [1.54, 1.807) is 0 Å². The first-order valence-corrected chi connectivity index (χ1v) is 6.38. The molecule has 5 nitrogen and oxygen atoms in total. The summed E-state index contributed by atoms with van der Waals surface area (Å²) in [5.74, 6) is -0.713. The second-order valence-corrected chi connectivity index (χ2v) is 5.03. The van der Waals surface area contributed by atoms with E-state index in [1.807, 2.05) is 13.8 Å². The molecule has 0 bridgehead atoms. The van der Waals surface area contributed by atoms with Gasteiger partial charge in [0.2, 0.25) is 11.8 Å². The summed E-state index contributed by atoms with van der Waals surface area (Å²) in [6.45, 7) is 3.62.